The van der Waals surface area contributed by atoms with E-state index >= 15 is 0 Å². The highest BCUT2D eigenvalue weighted by molar-refractivity contribution is 7.11. The van der Waals surface area contributed by atoms with Gasteiger partial charge < -0.3 is 15.2 Å². The second-order valence-corrected chi connectivity index (χ2v) is 5.45. The minimum atomic E-state index is 0.0968. The zero-order valence-corrected chi connectivity index (χ0v) is 10.8. The zero-order chi connectivity index (χ0) is 11.9. The normalized spacial score (nSPS) is 16.1. The van der Waals surface area contributed by atoms with E-state index in [2.05, 4.69) is 10.3 Å². The fraction of sp³-hybridized carbons (Fsp3) is 0.750. The molecule has 1 heterocycles. The number of hydrogen-bond donors (Lipinski definition) is 2. The fourth-order valence-electron chi connectivity index (χ4n) is 1.77. The molecule has 0 amide bonds. The second kappa shape index (κ2) is 7.06. The van der Waals surface area contributed by atoms with Crippen molar-refractivity contribution in [3.8, 4) is 0 Å². The summed E-state index contributed by atoms with van der Waals surface area (Å²) in [6, 6.07) is 0. The summed E-state index contributed by atoms with van der Waals surface area (Å²) in [6.45, 7) is 2.85. The average Bonchev–Trinajstić information content (AvgIpc) is 2.69. The van der Waals surface area contributed by atoms with Gasteiger partial charge in [-0.05, 0) is 12.8 Å². The van der Waals surface area contributed by atoms with Crippen molar-refractivity contribution in [1.82, 2.24) is 10.3 Å². The van der Waals surface area contributed by atoms with E-state index < -0.39 is 0 Å². The van der Waals surface area contributed by atoms with Crippen molar-refractivity contribution in [3.05, 3.63) is 16.1 Å². The first kappa shape index (κ1) is 13.0. The van der Waals surface area contributed by atoms with Crippen LogP contribution in [-0.2, 0) is 11.3 Å². The van der Waals surface area contributed by atoms with Crippen LogP contribution in [0, 0.1) is 0 Å². The molecular formula is C12H20N2O2S. The molecule has 1 saturated carbocycles. The van der Waals surface area contributed by atoms with Crippen LogP contribution in [0.25, 0.3) is 0 Å². The van der Waals surface area contributed by atoms with Gasteiger partial charge in [-0.2, -0.15) is 0 Å². The van der Waals surface area contributed by atoms with E-state index in [4.69, 9.17) is 9.84 Å². The molecular weight excluding hydrogens is 236 g/mol. The van der Waals surface area contributed by atoms with Crippen LogP contribution in [0.3, 0.4) is 0 Å². The minimum absolute atomic E-state index is 0.0968. The third-order valence-corrected chi connectivity index (χ3v) is 4.14. The van der Waals surface area contributed by atoms with Crippen LogP contribution in [0.4, 0.5) is 0 Å². The largest absolute Gasteiger partial charge is 0.394 e. The molecule has 4 nitrogen and oxygen atoms in total. The molecule has 5 heteroatoms. The van der Waals surface area contributed by atoms with Crippen molar-refractivity contribution in [3.63, 3.8) is 0 Å². The third-order valence-electron chi connectivity index (χ3n) is 2.98. The molecule has 1 aromatic heterocycles. The van der Waals surface area contributed by atoms with Crippen molar-refractivity contribution >= 4 is 11.3 Å². The molecule has 0 aromatic carbocycles. The van der Waals surface area contributed by atoms with Crippen LogP contribution < -0.4 is 5.32 Å². The highest BCUT2D eigenvalue weighted by Gasteiger charge is 2.22. The Morgan fingerprint density at radius 1 is 1.47 bits per heavy atom. The lowest BCUT2D eigenvalue weighted by Crippen LogP contribution is -2.19. The van der Waals surface area contributed by atoms with Crippen molar-refractivity contribution in [2.24, 2.45) is 0 Å². The van der Waals surface area contributed by atoms with Gasteiger partial charge in [0.1, 0.15) is 0 Å². The first-order valence-corrected chi connectivity index (χ1v) is 7.05. The van der Waals surface area contributed by atoms with E-state index in [-0.39, 0.29) is 6.61 Å². The lowest BCUT2D eigenvalue weighted by Gasteiger charge is -2.22. The highest BCUT2D eigenvalue weighted by atomic mass is 32.1. The molecule has 1 aliphatic carbocycles. The minimum Gasteiger partial charge on any atom is -0.394 e. The van der Waals surface area contributed by atoms with Gasteiger partial charge in [0.2, 0.25) is 0 Å². The third kappa shape index (κ3) is 4.03. The number of aliphatic hydroxyl groups is 1. The number of ether oxygens (including phenoxy) is 1. The number of nitrogens with zero attached hydrogens (tertiary/aromatic N) is 1. The number of rotatable bonds is 8. The quantitative estimate of drug-likeness (QED) is 0.692. The molecule has 0 saturated heterocycles. The molecule has 0 unspecified atom stereocenters. The summed E-state index contributed by atoms with van der Waals surface area (Å²) in [4.78, 5) is 5.78. The van der Waals surface area contributed by atoms with Crippen LogP contribution in [0.15, 0.2) is 6.20 Å². The van der Waals surface area contributed by atoms with Gasteiger partial charge in [-0.25, -0.2) is 4.98 Å². The fourth-order valence-corrected chi connectivity index (χ4v) is 2.83. The van der Waals surface area contributed by atoms with Gasteiger partial charge in [0.15, 0.2) is 0 Å². The van der Waals surface area contributed by atoms with E-state index in [9.17, 15) is 0 Å². The average molecular weight is 256 g/mol. The molecule has 96 valence electrons. The number of aliphatic hydroxyl groups excluding tert-OH is 1. The second-order valence-electron chi connectivity index (χ2n) is 4.31. The van der Waals surface area contributed by atoms with Gasteiger partial charge in [-0.3, -0.25) is 0 Å². The van der Waals surface area contributed by atoms with Gasteiger partial charge in [0.05, 0.1) is 24.8 Å². The van der Waals surface area contributed by atoms with Crippen LogP contribution in [-0.4, -0.2) is 36.5 Å². The summed E-state index contributed by atoms with van der Waals surface area (Å²) in [5.41, 5.74) is 0. The first-order valence-electron chi connectivity index (χ1n) is 6.24. The van der Waals surface area contributed by atoms with Gasteiger partial charge in [-0.1, -0.05) is 6.42 Å². The van der Waals surface area contributed by atoms with Crippen LogP contribution in [0.1, 0.15) is 35.1 Å². The van der Waals surface area contributed by atoms with Gasteiger partial charge in [0.25, 0.3) is 0 Å². The smallest absolute Gasteiger partial charge is 0.0959 e. The monoisotopic (exact) mass is 256 g/mol. The molecule has 1 aliphatic rings. The zero-order valence-electron chi connectivity index (χ0n) is 10.0. The Kier molecular flexibility index (Phi) is 5.38. The SMILES string of the molecule is OCCOCCNCc1cnc(C2CCC2)s1. The van der Waals surface area contributed by atoms with E-state index in [0.717, 1.165) is 19.0 Å². The predicted octanol–water partition coefficient (Wildman–Crippen LogP) is 1.51. The van der Waals surface area contributed by atoms with Crippen LogP contribution >= 0.6 is 11.3 Å². The molecule has 2 rings (SSSR count). The Bertz CT molecular complexity index is 326. The summed E-state index contributed by atoms with van der Waals surface area (Å²) in [5.74, 6) is 0.738. The maximum Gasteiger partial charge on any atom is 0.0959 e. The standard InChI is InChI=1S/C12H20N2O2S/c15-5-7-16-6-4-13-8-11-9-14-12(17-11)10-2-1-3-10/h9-10,13,15H,1-8H2. The number of nitrogens with one attached hydrogen (secondary N) is 1. The molecule has 0 spiro atoms. The Balaban J connectivity index is 1.60. The van der Waals surface area contributed by atoms with E-state index in [1.807, 2.05) is 17.5 Å². The summed E-state index contributed by atoms with van der Waals surface area (Å²) in [6.07, 6.45) is 5.98. The van der Waals surface area contributed by atoms with Gasteiger partial charge in [0, 0.05) is 30.1 Å². The summed E-state index contributed by atoms with van der Waals surface area (Å²) in [7, 11) is 0. The molecule has 1 fully saturated rings. The van der Waals surface area contributed by atoms with Crippen LogP contribution in [0.5, 0.6) is 0 Å². The lowest BCUT2D eigenvalue weighted by molar-refractivity contribution is 0.0938. The Hall–Kier alpha value is -0.490. The maximum absolute atomic E-state index is 8.53. The van der Waals surface area contributed by atoms with Crippen molar-refractivity contribution < 1.29 is 9.84 Å². The highest BCUT2D eigenvalue weighted by Crippen LogP contribution is 2.38. The number of hydrogen-bond acceptors (Lipinski definition) is 5. The topological polar surface area (TPSA) is 54.4 Å². The van der Waals surface area contributed by atoms with E-state index in [1.165, 1.54) is 29.1 Å². The predicted molar refractivity (Wildman–Crippen MR) is 68.3 cm³/mol. The summed E-state index contributed by atoms with van der Waals surface area (Å²) in [5, 5.41) is 13.2. The van der Waals surface area contributed by atoms with E-state index in [1.54, 1.807) is 0 Å². The molecule has 0 radical (unpaired) electrons. The summed E-state index contributed by atoms with van der Waals surface area (Å²) >= 11 is 1.83. The Morgan fingerprint density at radius 2 is 2.35 bits per heavy atom. The van der Waals surface area contributed by atoms with Crippen molar-refractivity contribution in [1.29, 1.82) is 0 Å². The molecule has 0 aliphatic heterocycles. The van der Waals surface area contributed by atoms with Gasteiger partial charge in [-0.15, -0.1) is 11.3 Å². The Labute approximate surface area is 106 Å². The summed E-state index contributed by atoms with van der Waals surface area (Å²) < 4.78 is 5.17. The van der Waals surface area contributed by atoms with Crippen molar-refractivity contribution in [2.75, 3.05) is 26.4 Å². The maximum atomic E-state index is 8.53. The van der Waals surface area contributed by atoms with Crippen LogP contribution in [0.2, 0.25) is 0 Å². The van der Waals surface area contributed by atoms with Gasteiger partial charge >= 0.3 is 0 Å². The number of aromatic nitrogens is 1. The number of thiazole rings is 1. The molecule has 17 heavy (non-hydrogen) atoms. The van der Waals surface area contributed by atoms with Crippen molar-refractivity contribution in [2.45, 2.75) is 31.7 Å². The lowest BCUT2D eigenvalue weighted by atomic mass is 9.86. The molecule has 0 atom stereocenters. The first-order chi connectivity index (χ1) is 8.40. The van der Waals surface area contributed by atoms with E-state index in [0.29, 0.717) is 13.2 Å². The molecule has 0 bridgehead atoms. The Morgan fingerprint density at radius 3 is 3.06 bits per heavy atom. The molecule has 1 aromatic rings. The molecule has 2 N–H and O–H groups in total.